The fourth-order valence-corrected chi connectivity index (χ4v) is 2.03. The van der Waals surface area contributed by atoms with Gasteiger partial charge in [-0.15, -0.1) is 23.2 Å². The predicted octanol–water partition coefficient (Wildman–Crippen LogP) is 3.02. The highest BCUT2D eigenvalue weighted by Gasteiger charge is 2.26. The number of methoxy groups -OCH3 is 1. The van der Waals surface area contributed by atoms with Crippen LogP contribution in [0.3, 0.4) is 0 Å². The first-order chi connectivity index (χ1) is 6.95. The molecule has 0 rings (SSSR count). The fourth-order valence-electron chi connectivity index (χ4n) is 1.17. The van der Waals surface area contributed by atoms with Crippen molar-refractivity contribution in [2.75, 3.05) is 25.4 Å². The third-order valence-electron chi connectivity index (χ3n) is 2.97. The second-order valence-electron chi connectivity index (χ2n) is 4.54. The van der Waals surface area contributed by atoms with E-state index in [0.717, 1.165) is 19.4 Å². The van der Waals surface area contributed by atoms with Gasteiger partial charge in [-0.2, -0.15) is 0 Å². The SMILES string of the molecule is CCC(CCl)(CCl)NCCC(C)(C)OC. The molecule has 0 amide bonds. The molecule has 0 aromatic heterocycles. The Labute approximate surface area is 104 Å². The molecule has 0 aromatic carbocycles. The maximum atomic E-state index is 5.93. The van der Waals surface area contributed by atoms with Crippen LogP contribution in [0.4, 0.5) is 0 Å². The summed E-state index contributed by atoms with van der Waals surface area (Å²) in [5, 5.41) is 3.43. The van der Waals surface area contributed by atoms with Gasteiger partial charge in [-0.3, -0.25) is 0 Å². The van der Waals surface area contributed by atoms with Crippen molar-refractivity contribution in [3.63, 3.8) is 0 Å². The van der Waals surface area contributed by atoms with Crippen molar-refractivity contribution < 1.29 is 4.74 Å². The molecule has 15 heavy (non-hydrogen) atoms. The molecule has 0 radical (unpaired) electrons. The Balaban J connectivity index is 4.02. The Morgan fingerprint density at radius 2 is 1.73 bits per heavy atom. The summed E-state index contributed by atoms with van der Waals surface area (Å²) in [6.45, 7) is 7.11. The highest BCUT2D eigenvalue weighted by molar-refractivity contribution is 6.22. The van der Waals surface area contributed by atoms with Gasteiger partial charge in [0.1, 0.15) is 0 Å². The zero-order valence-electron chi connectivity index (χ0n) is 10.2. The minimum Gasteiger partial charge on any atom is -0.379 e. The second-order valence-corrected chi connectivity index (χ2v) is 5.08. The molecule has 0 fully saturated rings. The van der Waals surface area contributed by atoms with Crippen molar-refractivity contribution in [3.8, 4) is 0 Å². The lowest BCUT2D eigenvalue weighted by Crippen LogP contribution is -2.49. The van der Waals surface area contributed by atoms with E-state index in [2.05, 4.69) is 26.1 Å². The van der Waals surface area contributed by atoms with Gasteiger partial charge in [0.15, 0.2) is 0 Å². The lowest BCUT2D eigenvalue weighted by molar-refractivity contribution is 0.0146. The number of alkyl halides is 2. The molecule has 0 atom stereocenters. The average Bonchev–Trinajstić information content (AvgIpc) is 2.25. The molecule has 0 aliphatic heterocycles. The molecule has 0 saturated carbocycles. The Morgan fingerprint density at radius 3 is 2.07 bits per heavy atom. The summed E-state index contributed by atoms with van der Waals surface area (Å²) in [6.07, 6.45) is 1.88. The van der Waals surface area contributed by atoms with Gasteiger partial charge < -0.3 is 10.1 Å². The first kappa shape index (κ1) is 15.5. The van der Waals surface area contributed by atoms with Crippen molar-refractivity contribution in [2.24, 2.45) is 0 Å². The standard InChI is InChI=1S/C11H23Cl2NO/c1-5-11(8-12,9-13)14-7-6-10(2,3)15-4/h14H,5-9H2,1-4H3. The van der Waals surface area contributed by atoms with Crippen LogP contribution in [0.1, 0.15) is 33.6 Å². The van der Waals surface area contributed by atoms with E-state index in [1.165, 1.54) is 0 Å². The smallest absolute Gasteiger partial charge is 0.0634 e. The van der Waals surface area contributed by atoms with E-state index in [0.29, 0.717) is 11.8 Å². The van der Waals surface area contributed by atoms with Crippen LogP contribution in [-0.2, 0) is 4.74 Å². The van der Waals surface area contributed by atoms with Gasteiger partial charge in [-0.1, -0.05) is 6.92 Å². The van der Waals surface area contributed by atoms with Gasteiger partial charge >= 0.3 is 0 Å². The fraction of sp³-hybridized carbons (Fsp3) is 1.00. The van der Waals surface area contributed by atoms with Crippen LogP contribution in [-0.4, -0.2) is 36.6 Å². The Bertz CT molecular complexity index is 162. The summed E-state index contributed by atoms with van der Waals surface area (Å²) in [4.78, 5) is 0. The summed E-state index contributed by atoms with van der Waals surface area (Å²) in [5.41, 5.74) is -0.224. The Morgan fingerprint density at radius 1 is 1.20 bits per heavy atom. The van der Waals surface area contributed by atoms with Gasteiger partial charge in [0.2, 0.25) is 0 Å². The quantitative estimate of drug-likeness (QED) is 0.674. The normalized spacial score (nSPS) is 13.2. The molecule has 0 aliphatic rings. The number of rotatable bonds is 8. The van der Waals surface area contributed by atoms with E-state index >= 15 is 0 Å². The molecule has 0 aromatic rings. The molecule has 0 bridgehead atoms. The molecular formula is C11H23Cl2NO. The van der Waals surface area contributed by atoms with Gasteiger partial charge in [0, 0.05) is 24.4 Å². The highest BCUT2D eigenvalue weighted by atomic mass is 35.5. The largest absolute Gasteiger partial charge is 0.379 e. The zero-order chi connectivity index (χ0) is 11.9. The van der Waals surface area contributed by atoms with Crippen molar-refractivity contribution in [3.05, 3.63) is 0 Å². The number of nitrogens with one attached hydrogen (secondary N) is 1. The number of hydrogen-bond donors (Lipinski definition) is 1. The third kappa shape index (κ3) is 5.39. The van der Waals surface area contributed by atoms with Crippen LogP contribution >= 0.6 is 23.2 Å². The molecule has 1 N–H and O–H groups in total. The molecule has 0 unspecified atom stereocenters. The van der Waals surface area contributed by atoms with Gasteiger partial charge in [-0.05, 0) is 33.2 Å². The maximum Gasteiger partial charge on any atom is 0.0634 e. The Kier molecular flexibility index (Phi) is 7.18. The van der Waals surface area contributed by atoms with Gasteiger partial charge in [-0.25, -0.2) is 0 Å². The third-order valence-corrected chi connectivity index (χ3v) is 3.99. The van der Waals surface area contributed by atoms with Crippen LogP contribution < -0.4 is 5.32 Å². The Hall–Kier alpha value is 0.500. The summed E-state index contributed by atoms with van der Waals surface area (Å²) < 4.78 is 5.35. The molecule has 92 valence electrons. The van der Waals surface area contributed by atoms with Crippen molar-refractivity contribution >= 4 is 23.2 Å². The topological polar surface area (TPSA) is 21.3 Å². The first-order valence-electron chi connectivity index (χ1n) is 5.37. The van der Waals surface area contributed by atoms with E-state index < -0.39 is 0 Å². The van der Waals surface area contributed by atoms with E-state index in [4.69, 9.17) is 27.9 Å². The minimum atomic E-state index is -0.132. The van der Waals surface area contributed by atoms with E-state index in [1.54, 1.807) is 7.11 Å². The molecule has 4 heteroatoms. The van der Waals surface area contributed by atoms with E-state index in [1.807, 2.05) is 0 Å². The number of hydrogen-bond acceptors (Lipinski definition) is 2. The predicted molar refractivity (Wildman–Crippen MR) is 68.2 cm³/mol. The summed E-state index contributed by atoms with van der Waals surface area (Å²) in [6, 6.07) is 0. The lowest BCUT2D eigenvalue weighted by atomic mass is 9.99. The number of ether oxygens (including phenoxy) is 1. The van der Waals surface area contributed by atoms with Gasteiger partial charge in [0.05, 0.1) is 5.60 Å². The van der Waals surface area contributed by atoms with E-state index in [-0.39, 0.29) is 11.1 Å². The molecule has 0 saturated heterocycles. The maximum absolute atomic E-state index is 5.93. The van der Waals surface area contributed by atoms with Crippen LogP contribution in [0.5, 0.6) is 0 Å². The summed E-state index contributed by atoms with van der Waals surface area (Å²) in [5.74, 6) is 1.08. The highest BCUT2D eigenvalue weighted by Crippen LogP contribution is 2.17. The number of halogens is 2. The monoisotopic (exact) mass is 255 g/mol. The first-order valence-corrected chi connectivity index (χ1v) is 6.44. The molecule has 0 heterocycles. The molecule has 0 spiro atoms. The van der Waals surface area contributed by atoms with Crippen LogP contribution in [0.25, 0.3) is 0 Å². The van der Waals surface area contributed by atoms with Crippen LogP contribution in [0, 0.1) is 0 Å². The van der Waals surface area contributed by atoms with Crippen molar-refractivity contribution in [2.45, 2.75) is 44.8 Å². The lowest BCUT2D eigenvalue weighted by Gasteiger charge is -2.32. The minimum absolute atomic E-state index is 0.0922. The summed E-state index contributed by atoms with van der Waals surface area (Å²) in [7, 11) is 1.73. The van der Waals surface area contributed by atoms with Gasteiger partial charge in [0.25, 0.3) is 0 Å². The van der Waals surface area contributed by atoms with Crippen molar-refractivity contribution in [1.82, 2.24) is 5.32 Å². The second kappa shape index (κ2) is 6.95. The average molecular weight is 256 g/mol. The zero-order valence-corrected chi connectivity index (χ0v) is 11.7. The van der Waals surface area contributed by atoms with Crippen LogP contribution in [0.2, 0.25) is 0 Å². The summed E-state index contributed by atoms with van der Waals surface area (Å²) >= 11 is 11.9. The van der Waals surface area contributed by atoms with Crippen LogP contribution in [0.15, 0.2) is 0 Å². The molecule has 0 aliphatic carbocycles. The molecule has 2 nitrogen and oxygen atoms in total. The van der Waals surface area contributed by atoms with Crippen molar-refractivity contribution in [1.29, 1.82) is 0 Å². The molecular weight excluding hydrogens is 233 g/mol. The van der Waals surface area contributed by atoms with E-state index in [9.17, 15) is 0 Å².